The van der Waals surface area contributed by atoms with E-state index in [0.717, 1.165) is 16.7 Å². The lowest BCUT2D eigenvalue weighted by atomic mass is 9.93. The molecule has 67 heavy (non-hydrogen) atoms. The summed E-state index contributed by atoms with van der Waals surface area (Å²) in [5.41, 5.74) is 2.14. The largest absolute Gasteiger partial charge is 0.483 e. The fourth-order valence-electron chi connectivity index (χ4n) is 8.04. The van der Waals surface area contributed by atoms with Crippen molar-refractivity contribution in [2.75, 3.05) is 39.5 Å². The molecule has 2 aliphatic heterocycles. The third-order valence-corrected chi connectivity index (χ3v) is 11.8. The quantitative estimate of drug-likeness (QED) is 0.0296. The summed E-state index contributed by atoms with van der Waals surface area (Å²) in [5.74, 6) is -2.20. The van der Waals surface area contributed by atoms with E-state index in [1.54, 1.807) is 19.1 Å². The molecule has 2 fully saturated rings. The predicted molar refractivity (Wildman–Crippen MR) is 245 cm³/mol. The molecule has 18 heteroatoms. The number of epoxide rings is 1. The van der Waals surface area contributed by atoms with Crippen molar-refractivity contribution in [3.63, 3.8) is 0 Å². The average Bonchev–Trinajstić information content (AvgIpc) is 3.83. The summed E-state index contributed by atoms with van der Waals surface area (Å²) in [5, 5.41) is 21.9. The Bertz CT molecular complexity index is 2300. The Morgan fingerprint density at radius 2 is 1.45 bits per heavy atom. The van der Waals surface area contributed by atoms with Gasteiger partial charge in [-0.05, 0) is 68.4 Å². The number of aryl methyl sites for hydroxylation is 1. The van der Waals surface area contributed by atoms with Crippen LogP contribution in [0.25, 0.3) is 0 Å². The van der Waals surface area contributed by atoms with Crippen LogP contribution in [0, 0.1) is 5.92 Å². The van der Waals surface area contributed by atoms with Gasteiger partial charge in [0, 0.05) is 18.9 Å². The molecule has 0 spiro atoms. The van der Waals surface area contributed by atoms with Crippen molar-refractivity contribution in [3.8, 4) is 11.5 Å². The number of ketones is 1. The van der Waals surface area contributed by atoms with Gasteiger partial charge in [0.15, 0.2) is 23.8 Å². The Kier molecular flexibility index (Phi) is 17.4. The summed E-state index contributed by atoms with van der Waals surface area (Å²) in [6.07, 6.45) is 2.73. The molecule has 3 heterocycles. The van der Waals surface area contributed by atoms with Crippen LogP contribution in [0.15, 0.2) is 85.1 Å². The van der Waals surface area contributed by atoms with Crippen molar-refractivity contribution in [2.45, 2.75) is 103 Å². The molecule has 6 rings (SSSR count). The maximum absolute atomic E-state index is 14.2. The summed E-state index contributed by atoms with van der Waals surface area (Å²) >= 11 is 0. The summed E-state index contributed by atoms with van der Waals surface area (Å²) in [6.45, 7) is 11.0. The van der Waals surface area contributed by atoms with Gasteiger partial charge >= 0.3 is 5.97 Å². The van der Waals surface area contributed by atoms with Gasteiger partial charge in [0.1, 0.15) is 55.7 Å². The number of ether oxygens (including phenoxy) is 4. The highest BCUT2D eigenvalue weighted by Crippen LogP contribution is 2.32. The first-order valence-electron chi connectivity index (χ1n) is 22.8. The van der Waals surface area contributed by atoms with Gasteiger partial charge in [-0.1, -0.05) is 74.5 Å². The Balaban J connectivity index is 1.16. The van der Waals surface area contributed by atoms with Gasteiger partial charge in [-0.2, -0.15) is 15.4 Å². The number of quaternary nitrogens is 1. The number of Topliss-reactive ketones (excluding diaryl/α,β-unsaturated/α-hetero) is 1. The van der Waals surface area contributed by atoms with Crippen LogP contribution >= 0.6 is 0 Å². The lowest BCUT2D eigenvalue weighted by molar-refractivity contribution is -0.940. The van der Waals surface area contributed by atoms with Gasteiger partial charge in [-0.3, -0.25) is 28.8 Å². The molecule has 4 amide bonds. The molecule has 2 saturated heterocycles. The number of carbonyl (C=O) groups is 6. The van der Waals surface area contributed by atoms with Crippen LogP contribution < -0.4 is 30.7 Å². The fourth-order valence-corrected chi connectivity index (χ4v) is 8.04. The van der Waals surface area contributed by atoms with E-state index in [2.05, 4.69) is 36.7 Å². The molecule has 4 aromatic rings. The lowest BCUT2D eigenvalue weighted by Gasteiger charge is -2.41. The van der Waals surface area contributed by atoms with Crippen molar-refractivity contribution < 1.29 is 52.2 Å². The Hall–Kier alpha value is -6.50. The topological polar surface area (TPSA) is 232 Å². The van der Waals surface area contributed by atoms with E-state index in [1.807, 2.05) is 80.6 Å². The van der Waals surface area contributed by atoms with Crippen LogP contribution in [0.5, 0.6) is 11.5 Å². The van der Waals surface area contributed by atoms with Crippen molar-refractivity contribution in [1.29, 1.82) is 0 Å². The Morgan fingerprint density at radius 1 is 0.791 bits per heavy atom. The zero-order valence-corrected chi connectivity index (χ0v) is 38.9. The monoisotopic (exact) mass is 923 g/mol. The Morgan fingerprint density at radius 3 is 2.07 bits per heavy atom. The van der Waals surface area contributed by atoms with Gasteiger partial charge in [0.25, 0.3) is 5.91 Å². The van der Waals surface area contributed by atoms with E-state index in [1.165, 1.54) is 20.0 Å². The number of morpholine rings is 1. The van der Waals surface area contributed by atoms with Crippen LogP contribution in [0.4, 0.5) is 0 Å². The molecule has 0 radical (unpaired) electrons. The second kappa shape index (κ2) is 23.3. The third kappa shape index (κ3) is 15.0. The molecule has 0 unspecified atom stereocenters. The zero-order valence-electron chi connectivity index (χ0n) is 38.9. The Labute approximate surface area is 390 Å². The number of hydrogen-bond acceptors (Lipinski definition) is 12. The van der Waals surface area contributed by atoms with Gasteiger partial charge in [-0.15, -0.1) is 0 Å². The molecule has 18 nitrogen and oxygen atoms in total. The molecule has 5 N–H and O–H groups in total. The fraction of sp³-hybridized carbons (Fsp3) is 0.469. The van der Waals surface area contributed by atoms with Crippen molar-refractivity contribution in [1.82, 2.24) is 36.7 Å². The summed E-state index contributed by atoms with van der Waals surface area (Å²) in [6, 6.07) is 19.9. The number of nitrogens with one attached hydrogen (secondary N) is 5. The van der Waals surface area contributed by atoms with E-state index >= 15 is 0 Å². The van der Waals surface area contributed by atoms with E-state index < -0.39 is 53.5 Å². The highest BCUT2D eigenvalue weighted by Gasteiger charge is 2.50. The minimum atomic E-state index is -1.12. The number of aromatic amines is 1. The highest BCUT2D eigenvalue weighted by atomic mass is 16.6. The van der Waals surface area contributed by atoms with E-state index in [-0.39, 0.29) is 56.0 Å². The second-order valence-corrected chi connectivity index (χ2v) is 18.0. The first-order valence-corrected chi connectivity index (χ1v) is 22.8. The zero-order chi connectivity index (χ0) is 48.0. The van der Waals surface area contributed by atoms with Gasteiger partial charge in [0.05, 0.1) is 32.1 Å². The van der Waals surface area contributed by atoms with Crippen LogP contribution in [-0.2, 0) is 64.2 Å². The summed E-state index contributed by atoms with van der Waals surface area (Å²) in [4.78, 5) is 81.6. The van der Waals surface area contributed by atoms with Crippen LogP contribution in [0.2, 0.25) is 0 Å². The average molecular weight is 924 g/mol. The molecule has 3 aromatic carbocycles. The number of rotatable bonds is 24. The van der Waals surface area contributed by atoms with Crippen LogP contribution in [0.3, 0.4) is 0 Å². The summed E-state index contributed by atoms with van der Waals surface area (Å²) in [7, 11) is 0. The molecular weight excluding hydrogens is 861 g/mol. The second-order valence-electron chi connectivity index (χ2n) is 18.0. The number of nitrogens with zero attached hydrogens (tertiary/aromatic N) is 3. The maximum atomic E-state index is 14.2. The molecule has 0 bridgehead atoms. The molecular formula is C49H63N8O10+. The molecule has 0 saturated carbocycles. The van der Waals surface area contributed by atoms with Gasteiger partial charge in [0.2, 0.25) is 17.7 Å². The molecule has 2 aliphatic rings. The number of aromatic nitrogens is 3. The van der Waals surface area contributed by atoms with Crippen molar-refractivity contribution >= 4 is 35.4 Å². The molecule has 358 valence electrons. The molecule has 0 aliphatic carbocycles. The first-order chi connectivity index (χ1) is 32.1. The van der Waals surface area contributed by atoms with E-state index in [0.29, 0.717) is 61.6 Å². The predicted octanol–water partition coefficient (Wildman–Crippen LogP) is 2.89. The number of esters is 1. The SMILES string of the molecule is CC(=O)Oc1ccc(C[N+]2(CC(=O)N[C@@H](CCc3ccccc3)C(=O)N[C@@H](C)C(=O)N[C@@H](Cc3ccccc3)C(=O)N[C@@H](CC(C)C)C(=O)[C@@]3(C)CO3)CCOCC2)cc1OCc1cn[nH]n1. The maximum Gasteiger partial charge on any atom is 0.308 e. The first kappa shape index (κ1) is 49.9. The van der Waals surface area contributed by atoms with E-state index in [4.69, 9.17) is 18.9 Å². The minimum absolute atomic E-state index is 0.0111. The van der Waals surface area contributed by atoms with Gasteiger partial charge in [-0.25, -0.2) is 0 Å². The van der Waals surface area contributed by atoms with Crippen LogP contribution in [0.1, 0.15) is 69.8 Å². The summed E-state index contributed by atoms with van der Waals surface area (Å²) < 4.78 is 22.9. The number of carbonyl (C=O) groups excluding carboxylic acids is 6. The van der Waals surface area contributed by atoms with Crippen molar-refractivity contribution in [3.05, 3.63) is 107 Å². The number of H-pyrrole nitrogens is 1. The number of benzene rings is 3. The molecule has 5 atom stereocenters. The highest BCUT2D eigenvalue weighted by molar-refractivity contribution is 5.98. The van der Waals surface area contributed by atoms with Gasteiger partial charge < -0.3 is 44.7 Å². The number of hydrogen-bond donors (Lipinski definition) is 5. The van der Waals surface area contributed by atoms with Crippen LogP contribution in [-0.4, -0.2) is 124 Å². The number of amides is 4. The normalized spacial score (nSPS) is 18.1. The van der Waals surface area contributed by atoms with E-state index in [9.17, 15) is 28.8 Å². The minimum Gasteiger partial charge on any atom is -0.483 e. The molecule has 1 aromatic heterocycles. The van der Waals surface area contributed by atoms with Crippen molar-refractivity contribution in [2.24, 2.45) is 5.92 Å². The lowest BCUT2D eigenvalue weighted by Crippen LogP contribution is -2.60. The smallest absolute Gasteiger partial charge is 0.308 e. The standard InChI is InChI=1S/C49H62N8O10/c1-32(2)24-40(45(60)49(5)31-66-49)53-48(63)41(25-36-14-10-7-11-15-36)54-46(61)33(3)51-47(62)39(18-16-35-12-8-6-9-13-35)52-44(59)29-57(20-22-64-23-21-57)28-37-17-19-42(67-34(4)58)43(26-37)65-30-38-27-50-56-55-38/h6-15,17,19,26-27,32-33,39-41H,16,18,20-25,28-31H2,1-5H3,(H4-,50,51,52,53,54,55,56,59,61,62,63)/p+1/t33-,39-,40-,41-,49+/m0/s1. The third-order valence-electron chi connectivity index (χ3n) is 11.8.